The van der Waals surface area contributed by atoms with Crippen LogP contribution in [0.25, 0.3) is 5.69 Å². The highest BCUT2D eigenvalue weighted by Crippen LogP contribution is 2.23. The number of anilines is 1. The van der Waals surface area contributed by atoms with E-state index in [-0.39, 0.29) is 11.7 Å². The topological polar surface area (TPSA) is 59.4 Å². The molecule has 1 N–H and O–H groups in total. The number of rotatable bonds is 8. The first kappa shape index (κ1) is 21.8. The van der Waals surface area contributed by atoms with Gasteiger partial charge in [-0.05, 0) is 29.8 Å². The van der Waals surface area contributed by atoms with Crippen LogP contribution in [0.2, 0.25) is 0 Å². The van der Waals surface area contributed by atoms with Gasteiger partial charge in [-0.2, -0.15) is 11.8 Å². The molecular weight excluding hydrogens is 428 g/mol. The highest BCUT2D eigenvalue weighted by molar-refractivity contribution is 7.99. The Bertz CT molecular complexity index is 1020. The summed E-state index contributed by atoms with van der Waals surface area (Å²) in [6, 6.07) is 15.9. The first-order valence-electron chi connectivity index (χ1n) is 10.2. The molecule has 1 saturated heterocycles. The first-order chi connectivity index (χ1) is 15.2. The molecule has 1 amide bonds. The van der Waals surface area contributed by atoms with Gasteiger partial charge in [-0.1, -0.05) is 30.0 Å². The highest BCUT2D eigenvalue weighted by Gasteiger charge is 2.12. The summed E-state index contributed by atoms with van der Waals surface area (Å²) < 4.78 is 7.26. The van der Waals surface area contributed by atoms with Crippen molar-refractivity contribution in [2.24, 2.45) is 0 Å². The largest absolute Gasteiger partial charge is 0.497 e. The molecule has 0 spiro atoms. The van der Waals surface area contributed by atoms with Crippen LogP contribution < -0.4 is 10.1 Å². The quantitative estimate of drug-likeness (QED) is 0.516. The molecule has 8 heteroatoms. The second-order valence-corrected chi connectivity index (χ2v) is 9.37. The Morgan fingerprint density at radius 2 is 2.03 bits per heavy atom. The SMILES string of the molecule is COc1cccc(-n2ccnc2SCC(=O)Nc2cccc(CN3CCSCC3)c2)c1. The number of amides is 1. The predicted molar refractivity (Wildman–Crippen MR) is 129 cm³/mol. The molecule has 2 aromatic carbocycles. The number of ether oxygens (including phenoxy) is 1. The molecule has 1 aliphatic rings. The zero-order valence-electron chi connectivity index (χ0n) is 17.5. The number of imidazole rings is 1. The van der Waals surface area contributed by atoms with Crippen LogP contribution in [0.15, 0.2) is 66.1 Å². The number of hydrogen-bond donors (Lipinski definition) is 1. The number of thioether (sulfide) groups is 2. The number of benzene rings is 2. The summed E-state index contributed by atoms with van der Waals surface area (Å²) in [5.41, 5.74) is 3.01. The van der Waals surface area contributed by atoms with E-state index in [4.69, 9.17) is 4.74 Å². The second kappa shape index (κ2) is 10.7. The summed E-state index contributed by atoms with van der Waals surface area (Å²) >= 11 is 3.42. The molecule has 31 heavy (non-hydrogen) atoms. The van der Waals surface area contributed by atoms with Crippen LogP contribution >= 0.6 is 23.5 Å². The lowest BCUT2D eigenvalue weighted by atomic mass is 10.2. The number of methoxy groups -OCH3 is 1. The summed E-state index contributed by atoms with van der Waals surface area (Å²) in [6.07, 6.45) is 3.62. The van der Waals surface area contributed by atoms with E-state index in [2.05, 4.69) is 27.3 Å². The van der Waals surface area contributed by atoms with Gasteiger partial charge in [0.15, 0.2) is 5.16 Å². The van der Waals surface area contributed by atoms with E-state index in [1.54, 1.807) is 13.3 Å². The maximum Gasteiger partial charge on any atom is 0.234 e. The fourth-order valence-corrected chi connectivity index (χ4v) is 5.20. The Morgan fingerprint density at radius 3 is 2.87 bits per heavy atom. The molecule has 1 aromatic heterocycles. The van der Waals surface area contributed by atoms with Gasteiger partial charge in [-0.15, -0.1) is 0 Å². The molecule has 1 aliphatic heterocycles. The van der Waals surface area contributed by atoms with Gasteiger partial charge in [0.1, 0.15) is 5.75 Å². The number of aromatic nitrogens is 2. The maximum atomic E-state index is 12.6. The lowest BCUT2D eigenvalue weighted by Crippen LogP contribution is -2.31. The predicted octanol–water partition coefficient (Wildman–Crippen LogP) is 4.16. The van der Waals surface area contributed by atoms with Crippen molar-refractivity contribution in [2.75, 3.05) is 42.8 Å². The van der Waals surface area contributed by atoms with Crippen LogP contribution in [0.3, 0.4) is 0 Å². The highest BCUT2D eigenvalue weighted by atomic mass is 32.2. The van der Waals surface area contributed by atoms with Gasteiger partial charge in [-0.3, -0.25) is 14.3 Å². The van der Waals surface area contributed by atoms with Crippen molar-refractivity contribution in [3.05, 3.63) is 66.5 Å². The Kier molecular flexibility index (Phi) is 7.56. The Labute approximate surface area is 191 Å². The molecule has 4 rings (SSSR count). The fraction of sp³-hybridized carbons (Fsp3) is 0.304. The van der Waals surface area contributed by atoms with Crippen LogP contribution in [0.1, 0.15) is 5.56 Å². The third-order valence-corrected chi connectivity index (χ3v) is 6.90. The van der Waals surface area contributed by atoms with Crippen molar-refractivity contribution in [2.45, 2.75) is 11.7 Å². The van der Waals surface area contributed by atoms with Gasteiger partial charge in [-0.25, -0.2) is 4.98 Å². The zero-order valence-corrected chi connectivity index (χ0v) is 19.1. The molecule has 0 aliphatic carbocycles. The number of carbonyl (C=O) groups excluding carboxylic acids is 1. The van der Waals surface area contributed by atoms with E-state index in [1.807, 2.05) is 58.9 Å². The number of hydrogen-bond acceptors (Lipinski definition) is 6. The Hall–Kier alpha value is -2.42. The summed E-state index contributed by atoms with van der Waals surface area (Å²) in [7, 11) is 1.65. The van der Waals surface area contributed by atoms with E-state index in [0.29, 0.717) is 0 Å². The van der Waals surface area contributed by atoms with Crippen LogP contribution in [0.4, 0.5) is 5.69 Å². The maximum absolute atomic E-state index is 12.6. The van der Waals surface area contributed by atoms with E-state index in [1.165, 1.54) is 28.8 Å². The van der Waals surface area contributed by atoms with Crippen molar-refractivity contribution < 1.29 is 9.53 Å². The van der Waals surface area contributed by atoms with Gasteiger partial charge in [0.05, 0.1) is 18.6 Å². The molecule has 6 nitrogen and oxygen atoms in total. The Morgan fingerprint density at radius 1 is 1.19 bits per heavy atom. The molecule has 3 aromatic rings. The molecule has 0 unspecified atom stereocenters. The minimum atomic E-state index is -0.0447. The van der Waals surface area contributed by atoms with Crippen molar-refractivity contribution in [1.82, 2.24) is 14.5 Å². The number of nitrogens with one attached hydrogen (secondary N) is 1. The molecule has 2 heterocycles. The van der Waals surface area contributed by atoms with Crippen molar-refractivity contribution in [3.63, 3.8) is 0 Å². The van der Waals surface area contributed by atoms with Gasteiger partial charge >= 0.3 is 0 Å². The van der Waals surface area contributed by atoms with Gasteiger partial charge in [0.25, 0.3) is 0 Å². The average Bonchev–Trinajstić information content (AvgIpc) is 3.27. The molecule has 162 valence electrons. The van der Waals surface area contributed by atoms with Crippen LogP contribution in [0.5, 0.6) is 5.75 Å². The van der Waals surface area contributed by atoms with E-state index >= 15 is 0 Å². The lowest BCUT2D eigenvalue weighted by Gasteiger charge is -2.26. The second-order valence-electron chi connectivity index (χ2n) is 7.21. The van der Waals surface area contributed by atoms with Crippen LogP contribution in [-0.2, 0) is 11.3 Å². The van der Waals surface area contributed by atoms with Crippen molar-refractivity contribution in [1.29, 1.82) is 0 Å². The number of nitrogens with zero attached hydrogens (tertiary/aromatic N) is 3. The first-order valence-corrected chi connectivity index (χ1v) is 12.3. The Balaban J connectivity index is 1.34. The van der Waals surface area contributed by atoms with Crippen molar-refractivity contribution in [3.8, 4) is 11.4 Å². The molecular formula is C23H26N4O2S2. The van der Waals surface area contributed by atoms with E-state index in [9.17, 15) is 4.79 Å². The van der Waals surface area contributed by atoms with Gasteiger partial charge in [0, 0.05) is 55.3 Å². The number of carbonyl (C=O) groups is 1. The van der Waals surface area contributed by atoms with Crippen LogP contribution in [-0.4, -0.2) is 57.8 Å². The van der Waals surface area contributed by atoms with E-state index in [0.717, 1.165) is 41.9 Å². The van der Waals surface area contributed by atoms with Gasteiger partial charge in [0.2, 0.25) is 5.91 Å². The summed E-state index contributed by atoms with van der Waals surface area (Å²) in [6.45, 7) is 3.17. The molecule has 0 radical (unpaired) electrons. The summed E-state index contributed by atoms with van der Waals surface area (Å²) in [5, 5.41) is 3.78. The summed E-state index contributed by atoms with van der Waals surface area (Å²) in [5.74, 6) is 3.41. The lowest BCUT2D eigenvalue weighted by molar-refractivity contribution is -0.113. The molecule has 0 bridgehead atoms. The summed E-state index contributed by atoms with van der Waals surface area (Å²) in [4.78, 5) is 19.4. The smallest absolute Gasteiger partial charge is 0.234 e. The van der Waals surface area contributed by atoms with Gasteiger partial charge < -0.3 is 10.1 Å². The third kappa shape index (κ3) is 6.06. The molecule has 0 saturated carbocycles. The van der Waals surface area contributed by atoms with E-state index < -0.39 is 0 Å². The standard InChI is InChI=1S/C23H26N4O2S2/c1-29-21-7-3-6-20(15-21)27-9-8-24-23(27)31-17-22(28)25-19-5-2-4-18(14-19)16-26-10-12-30-13-11-26/h2-9,14-15H,10-13,16-17H2,1H3,(H,25,28). The third-order valence-electron chi connectivity index (χ3n) is 4.99. The average molecular weight is 455 g/mol. The minimum absolute atomic E-state index is 0.0447. The van der Waals surface area contributed by atoms with Crippen LogP contribution in [0, 0.1) is 0 Å². The monoisotopic (exact) mass is 454 g/mol. The fourth-order valence-electron chi connectivity index (χ4n) is 3.45. The zero-order chi connectivity index (χ0) is 21.5. The minimum Gasteiger partial charge on any atom is -0.497 e. The van der Waals surface area contributed by atoms with Crippen molar-refractivity contribution >= 4 is 35.1 Å². The molecule has 0 atom stereocenters. The molecule has 1 fully saturated rings. The normalized spacial score (nSPS) is 14.4.